The van der Waals surface area contributed by atoms with Gasteiger partial charge in [-0.25, -0.2) is 9.97 Å². The van der Waals surface area contributed by atoms with Gasteiger partial charge in [0.2, 0.25) is 0 Å². The molecule has 8 aliphatic rings. The number of hydrogen-bond donors (Lipinski definition) is 0. The monoisotopic (exact) mass is 692 g/mol. The molecule has 0 radical (unpaired) electrons. The molecule has 0 amide bonds. The third kappa shape index (κ3) is 5.02. The van der Waals surface area contributed by atoms with Crippen LogP contribution in [0.25, 0.3) is 11.1 Å². The molecule has 0 N–H and O–H groups in total. The summed E-state index contributed by atoms with van der Waals surface area (Å²) >= 11 is 0. The maximum absolute atomic E-state index is 11.9. The molecular weight excluding hydrogens is 641 g/mol. The van der Waals surface area contributed by atoms with E-state index in [0.29, 0.717) is 35.2 Å². The van der Waals surface area contributed by atoms with Crippen molar-refractivity contribution in [1.82, 2.24) is 19.9 Å². The summed E-state index contributed by atoms with van der Waals surface area (Å²) in [4.78, 5) is 41.2. The molecule has 268 valence electrons. The van der Waals surface area contributed by atoms with Crippen molar-refractivity contribution in [1.29, 1.82) is 0 Å². The molecule has 0 unspecified atom stereocenters. The predicted octanol–water partition coefficient (Wildman–Crippen LogP) is 9.84. The summed E-state index contributed by atoms with van der Waals surface area (Å²) in [6.45, 7) is 9.68. The normalized spacial score (nSPS) is 38.5. The summed E-state index contributed by atoms with van der Waals surface area (Å²) in [5.41, 5.74) is 11.6. The zero-order valence-electron chi connectivity index (χ0n) is 31.3. The first-order chi connectivity index (χ1) is 25.0. The SMILES string of the molecule is C[C@]12CC[C@H]3[C@@H](CCC4=CC(=O)CC[C@@]43C)C1=CC=C2c1cnccn1.C[C@]12CC[C@H]3[C@@H](CCC4=CC(=O)CC[C@@]43C)C1=CC=C2c1cncnc1. The first kappa shape index (κ1) is 33.8. The highest BCUT2D eigenvalue weighted by molar-refractivity contribution is 5.92. The summed E-state index contributed by atoms with van der Waals surface area (Å²) in [5, 5.41) is 0. The minimum Gasteiger partial charge on any atom is -0.295 e. The van der Waals surface area contributed by atoms with Gasteiger partial charge in [-0.15, -0.1) is 0 Å². The average Bonchev–Trinajstić information content (AvgIpc) is 3.70. The first-order valence-electron chi connectivity index (χ1n) is 19.9. The standard InChI is InChI=1S/2C23H26N2O/c1-22-9-7-17(26)11-16(22)3-4-18-20-6-5-19(15-12-24-14-25-13-15)23(20,2)10-8-21(18)22;1-22-9-7-16(26)13-15(22)3-4-17-18-5-6-20(21-14-24-11-12-25-21)23(18,2)10-8-19(17)22/h5-6,11-14,18,21H,3-4,7-10H2,1-2H3;5-6,11-14,17,19H,3-4,7-10H2,1-2H3/t18-,21-,22-,23+;17-,19-,22-,23-/m00/s1. The summed E-state index contributed by atoms with van der Waals surface area (Å²) in [5.74, 6) is 3.30. The molecule has 52 heavy (non-hydrogen) atoms. The van der Waals surface area contributed by atoms with Crippen molar-refractivity contribution in [3.8, 4) is 0 Å². The van der Waals surface area contributed by atoms with E-state index in [0.717, 1.165) is 49.8 Å². The maximum atomic E-state index is 11.9. The van der Waals surface area contributed by atoms with Crippen LogP contribution in [0.4, 0.5) is 0 Å². The fourth-order valence-corrected chi connectivity index (χ4v) is 12.8. The molecule has 0 aliphatic heterocycles. The molecule has 2 heterocycles. The van der Waals surface area contributed by atoms with Crippen LogP contribution in [-0.2, 0) is 9.59 Å². The van der Waals surface area contributed by atoms with E-state index in [1.807, 2.05) is 30.7 Å². The minimum atomic E-state index is 0.0965. The van der Waals surface area contributed by atoms with E-state index in [1.165, 1.54) is 60.8 Å². The fraction of sp³-hybridized carbons (Fsp3) is 0.522. The van der Waals surface area contributed by atoms with Crippen molar-refractivity contribution in [2.24, 2.45) is 45.3 Å². The highest BCUT2D eigenvalue weighted by Crippen LogP contribution is 2.66. The van der Waals surface area contributed by atoms with Crippen molar-refractivity contribution in [3.63, 3.8) is 0 Å². The Morgan fingerprint density at radius 3 is 1.65 bits per heavy atom. The van der Waals surface area contributed by atoms with Crippen LogP contribution in [0.15, 0.2) is 96.1 Å². The van der Waals surface area contributed by atoms with Crippen LogP contribution in [0.5, 0.6) is 0 Å². The number of allylic oxidation sites excluding steroid dienone is 12. The number of carbonyl (C=O) groups excluding carboxylic acids is 2. The number of rotatable bonds is 2. The molecule has 0 spiro atoms. The Morgan fingerprint density at radius 1 is 0.577 bits per heavy atom. The molecule has 2 aromatic rings. The second-order valence-corrected chi connectivity index (χ2v) is 18.0. The molecule has 4 saturated carbocycles. The van der Waals surface area contributed by atoms with Crippen molar-refractivity contribution in [3.05, 3.63) is 107 Å². The molecule has 8 aliphatic carbocycles. The van der Waals surface area contributed by atoms with Gasteiger partial charge in [-0.1, -0.05) is 74.3 Å². The molecule has 4 fully saturated rings. The second-order valence-electron chi connectivity index (χ2n) is 18.0. The van der Waals surface area contributed by atoms with Crippen molar-refractivity contribution in [2.45, 2.75) is 105 Å². The van der Waals surface area contributed by atoms with E-state index in [4.69, 9.17) is 0 Å². The van der Waals surface area contributed by atoms with Crippen LogP contribution in [-0.4, -0.2) is 31.5 Å². The Kier molecular flexibility index (Phi) is 7.95. The third-order valence-corrected chi connectivity index (χ3v) is 15.7. The van der Waals surface area contributed by atoms with Gasteiger partial charge < -0.3 is 0 Å². The summed E-state index contributed by atoms with van der Waals surface area (Å²) < 4.78 is 0. The Bertz CT molecular complexity index is 1880. The van der Waals surface area contributed by atoms with E-state index in [9.17, 15) is 9.59 Å². The van der Waals surface area contributed by atoms with Crippen LogP contribution in [0.1, 0.15) is 116 Å². The van der Waals surface area contributed by atoms with E-state index < -0.39 is 0 Å². The van der Waals surface area contributed by atoms with Crippen LogP contribution < -0.4 is 0 Å². The Hall–Kier alpha value is -4.06. The number of fused-ring (bicyclic) bond motifs is 10. The first-order valence-corrected chi connectivity index (χ1v) is 19.9. The molecule has 6 nitrogen and oxygen atoms in total. The topological polar surface area (TPSA) is 85.7 Å². The van der Waals surface area contributed by atoms with Crippen molar-refractivity contribution >= 4 is 22.7 Å². The summed E-state index contributed by atoms with van der Waals surface area (Å²) in [7, 11) is 0. The number of nitrogens with zero attached hydrogens (tertiary/aromatic N) is 4. The smallest absolute Gasteiger partial charge is 0.155 e. The highest BCUT2D eigenvalue weighted by atomic mass is 16.1. The largest absolute Gasteiger partial charge is 0.295 e. The lowest BCUT2D eigenvalue weighted by molar-refractivity contribution is -0.117. The fourth-order valence-electron chi connectivity index (χ4n) is 12.8. The quantitative estimate of drug-likeness (QED) is 0.312. The minimum absolute atomic E-state index is 0.0965. The maximum Gasteiger partial charge on any atom is 0.155 e. The number of aromatic nitrogens is 4. The van der Waals surface area contributed by atoms with Crippen molar-refractivity contribution < 1.29 is 9.59 Å². The summed E-state index contributed by atoms with van der Waals surface area (Å²) in [6.07, 6.45) is 37.2. The molecule has 0 bridgehead atoms. The van der Waals surface area contributed by atoms with Gasteiger partial charge in [0.15, 0.2) is 11.6 Å². The number of hydrogen-bond acceptors (Lipinski definition) is 6. The Balaban J connectivity index is 0.000000138. The van der Waals surface area contributed by atoms with Crippen LogP contribution in [0.3, 0.4) is 0 Å². The van der Waals surface area contributed by atoms with Gasteiger partial charge in [-0.05, 0) is 122 Å². The number of ketones is 2. The lowest BCUT2D eigenvalue weighted by atomic mass is 9.48. The zero-order valence-corrected chi connectivity index (χ0v) is 31.3. The van der Waals surface area contributed by atoms with Crippen LogP contribution in [0, 0.1) is 45.3 Å². The van der Waals surface area contributed by atoms with Gasteiger partial charge >= 0.3 is 0 Å². The highest BCUT2D eigenvalue weighted by Gasteiger charge is 2.56. The Morgan fingerprint density at radius 2 is 1.12 bits per heavy atom. The molecule has 6 heteroatoms. The zero-order chi connectivity index (χ0) is 35.9. The molecule has 0 saturated heterocycles. The Labute approximate surface area is 308 Å². The van der Waals surface area contributed by atoms with Gasteiger partial charge in [-0.3, -0.25) is 19.6 Å². The lowest BCUT2D eigenvalue weighted by Gasteiger charge is -2.56. The van der Waals surface area contributed by atoms with Gasteiger partial charge in [0.25, 0.3) is 0 Å². The van der Waals surface area contributed by atoms with Crippen LogP contribution in [0.2, 0.25) is 0 Å². The third-order valence-electron chi connectivity index (χ3n) is 15.7. The lowest BCUT2D eigenvalue weighted by Crippen LogP contribution is -2.47. The van der Waals surface area contributed by atoms with Crippen molar-refractivity contribution in [2.75, 3.05) is 0 Å². The number of carbonyl (C=O) groups is 2. The summed E-state index contributed by atoms with van der Waals surface area (Å²) in [6, 6.07) is 0. The van der Waals surface area contributed by atoms with Gasteiger partial charge in [-0.2, -0.15) is 0 Å². The predicted molar refractivity (Wildman–Crippen MR) is 204 cm³/mol. The second kappa shape index (κ2) is 12.2. The van der Waals surface area contributed by atoms with E-state index in [2.05, 4.69) is 71.9 Å². The van der Waals surface area contributed by atoms with Gasteiger partial charge in [0, 0.05) is 54.0 Å². The molecule has 10 rings (SSSR count). The molecule has 0 aromatic carbocycles. The van der Waals surface area contributed by atoms with E-state index in [1.54, 1.807) is 29.9 Å². The van der Waals surface area contributed by atoms with Gasteiger partial charge in [0.1, 0.15) is 6.33 Å². The van der Waals surface area contributed by atoms with E-state index >= 15 is 0 Å². The van der Waals surface area contributed by atoms with Crippen LogP contribution >= 0.6 is 0 Å². The van der Waals surface area contributed by atoms with E-state index in [-0.39, 0.29) is 21.7 Å². The molecule has 8 atom stereocenters. The van der Waals surface area contributed by atoms with Gasteiger partial charge in [0.05, 0.1) is 11.9 Å². The molecular formula is C46H52N4O2. The molecule has 2 aromatic heterocycles. The average molecular weight is 693 g/mol.